The number of pyridine rings is 2. The molecule has 29 heavy (non-hydrogen) atoms. The first-order valence-corrected chi connectivity index (χ1v) is 9.09. The number of nitro benzene ring substituents is 1. The van der Waals surface area contributed by atoms with E-state index in [1.807, 2.05) is 42.5 Å². The summed E-state index contributed by atoms with van der Waals surface area (Å²) in [6.07, 6.45) is 3.42. The minimum Gasteiger partial charge on any atom is -0.305 e. The molecule has 0 saturated heterocycles. The monoisotopic (exact) mass is 624 g/mol. The van der Waals surface area contributed by atoms with Gasteiger partial charge in [0, 0.05) is 37.4 Å². The van der Waals surface area contributed by atoms with Crippen LogP contribution in [0.5, 0.6) is 0 Å². The van der Waals surface area contributed by atoms with Gasteiger partial charge in [-0.15, -0.1) is 47.5 Å². The van der Waals surface area contributed by atoms with Crippen molar-refractivity contribution in [2.75, 3.05) is 0 Å². The quantitative estimate of drug-likeness (QED) is 0.165. The molecule has 5 nitrogen and oxygen atoms in total. The summed E-state index contributed by atoms with van der Waals surface area (Å²) in [5.74, 6) is 0. The minimum absolute atomic E-state index is 0. The van der Waals surface area contributed by atoms with Gasteiger partial charge in [-0.1, -0.05) is 56.8 Å². The van der Waals surface area contributed by atoms with Crippen LogP contribution in [0, 0.1) is 22.2 Å². The molecule has 0 aliphatic carbocycles. The van der Waals surface area contributed by atoms with Crippen molar-refractivity contribution in [3.63, 3.8) is 0 Å². The van der Waals surface area contributed by atoms with Crippen LogP contribution in [0.25, 0.3) is 22.5 Å². The normalized spacial score (nSPS) is 9.55. The summed E-state index contributed by atoms with van der Waals surface area (Å²) in [6.45, 7) is 0. The van der Waals surface area contributed by atoms with Gasteiger partial charge in [-0.3, -0.25) is 10.1 Å². The molecular formula is C22H14BrIrN3O2-2. The number of rotatable bonds is 3. The van der Waals surface area contributed by atoms with E-state index in [2.05, 4.69) is 38.0 Å². The van der Waals surface area contributed by atoms with Gasteiger partial charge in [0.2, 0.25) is 0 Å². The molecule has 0 fully saturated rings. The Morgan fingerprint density at radius 3 is 1.86 bits per heavy atom. The second-order valence-corrected chi connectivity index (χ2v) is 6.48. The molecule has 147 valence electrons. The fourth-order valence-electron chi connectivity index (χ4n) is 2.35. The van der Waals surface area contributed by atoms with Gasteiger partial charge in [0.05, 0.1) is 0 Å². The van der Waals surface area contributed by atoms with E-state index >= 15 is 0 Å². The zero-order valence-electron chi connectivity index (χ0n) is 15.0. The molecule has 0 unspecified atom stereocenters. The van der Waals surface area contributed by atoms with Crippen molar-refractivity contribution >= 4 is 21.6 Å². The summed E-state index contributed by atoms with van der Waals surface area (Å²) < 4.78 is 1.05. The topological polar surface area (TPSA) is 68.9 Å². The summed E-state index contributed by atoms with van der Waals surface area (Å²) in [4.78, 5) is 18.5. The Bertz CT molecular complexity index is 1060. The van der Waals surface area contributed by atoms with Gasteiger partial charge < -0.3 is 9.97 Å². The van der Waals surface area contributed by atoms with Gasteiger partial charge in [-0.05, 0) is 23.5 Å². The van der Waals surface area contributed by atoms with E-state index in [0.29, 0.717) is 11.3 Å². The van der Waals surface area contributed by atoms with Gasteiger partial charge in [0.1, 0.15) is 0 Å². The third-order valence-electron chi connectivity index (χ3n) is 3.64. The second-order valence-electron chi connectivity index (χ2n) is 5.57. The van der Waals surface area contributed by atoms with Crippen molar-refractivity contribution in [3.8, 4) is 22.5 Å². The van der Waals surface area contributed by atoms with E-state index in [0.717, 1.165) is 15.7 Å². The van der Waals surface area contributed by atoms with Crippen LogP contribution < -0.4 is 0 Å². The van der Waals surface area contributed by atoms with E-state index in [-0.39, 0.29) is 25.8 Å². The van der Waals surface area contributed by atoms with Crippen molar-refractivity contribution in [2.24, 2.45) is 0 Å². The predicted molar refractivity (Wildman–Crippen MR) is 111 cm³/mol. The number of aromatic nitrogens is 2. The third-order valence-corrected chi connectivity index (χ3v) is 4.13. The average molecular weight is 624 g/mol. The van der Waals surface area contributed by atoms with E-state index in [9.17, 15) is 10.1 Å². The van der Waals surface area contributed by atoms with Crippen LogP contribution in [0.15, 0.2) is 89.7 Å². The van der Waals surface area contributed by atoms with Crippen molar-refractivity contribution in [1.29, 1.82) is 0 Å². The number of hydrogen-bond acceptors (Lipinski definition) is 4. The van der Waals surface area contributed by atoms with E-state index < -0.39 is 4.92 Å². The average Bonchev–Trinajstić information content (AvgIpc) is 2.75. The van der Waals surface area contributed by atoms with Gasteiger partial charge in [0.15, 0.2) is 5.69 Å². The predicted octanol–water partition coefficient (Wildman–Crippen LogP) is 5.77. The Kier molecular flexibility index (Phi) is 8.80. The molecule has 0 aliphatic heterocycles. The van der Waals surface area contributed by atoms with E-state index in [1.54, 1.807) is 24.5 Å². The molecule has 0 N–H and O–H groups in total. The van der Waals surface area contributed by atoms with Crippen LogP contribution in [0.3, 0.4) is 0 Å². The fraction of sp³-hybridized carbons (Fsp3) is 0. The number of benzene rings is 2. The molecule has 7 heteroatoms. The molecule has 2 aromatic heterocycles. The SMILES string of the molecule is Brc1cc[c-]c(-c2ccccn2)c1.O=[N+]([O-])c1cc[c-]c(-c2ccccn2)c1.[Ir]. The number of halogens is 1. The molecule has 4 aromatic rings. The molecule has 0 spiro atoms. The summed E-state index contributed by atoms with van der Waals surface area (Å²) in [6, 6.07) is 27.5. The van der Waals surface area contributed by atoms with Crippen LogP contribution >= 0.6 is 15.9 Å². The Morgan fingerprint density at radius 2 is 1.38 bits per heavy atom. The van der Waals surface area contributed by atoms with Crippen molar-refractivity contribution in [1.82, 2.24) is 9.97 Å². The van der Waals surface area contributed by atoms with Gasteiger partial charge >= 0.3 is 0 Å². The molecule has 0 atom stereocenters. The van der Waals surface area contributed by atoms with E-state index in [4.69, 9.17) is 0 Å². The first-order chi connectivity index (χ1) is 13.6. The molecule has 4 rings (SSSR count). The zero-order chi connectivity index (χ0) is 19.8. The molecule has 2 heterocycles. The summed E-state index contributed by atoms with van der Waals surface area (Å²) in [7, 11) is 0. The van der Waals surface area contributed by atoms with Gasteiger partial charge in [-0.25, -0.2) is 0 Å². The summed E-state index contributed by atoms with van der Waals surface area (Å²) in [5, 5.41) is 10.6. The van der Waals surface area contributed by atoms with Crippen molar-refractivity contribution < 1.29 is 25.0 Å². The Balaban J connectivity index is 0.000000202. The first kappa shape index (κ1) is 22.6. The molecule has 2 aromatic carbocycles. The number of hydrogen-bond donors (Lipinski definition) is 0. The maximum Gasteiger partial charge on any atom is 0.192 e. The maximum absolute atomic E-state index is 10.6. The Labute approximate surface area is 190 Å². The second kappa shape index (κ2) is 11.3. The Morgan fingerprint density at radius 1 is 0.828 bits per heavy atom. The molecule has 0 saturated carbocycles. The van der Waals surface area contributed by atoms with Gasteiger partial charge in [0.25, 0.3) is 0 Å². The summed E-state index contributed by atoms with van der Waals surface area (Å²) in [5.41, 5.74) is 3.32. The summed E-state index contributed by atoms with van der Waals surface area (Å²) >= 11 is 3.41. The van der Waals surface area contributed by atoms with E-state index in [1.165, 1.54) is 18.2 Å². The minimum atomic E-state index is -0.430. The van der Waals surface area contributed by atoms with Crippen LogP contribution in [-0.4, -0.2) is 14.9 Å². The fourth-order valence-corrected chi connectivity index (χ4v) is 2.71. The molecular weight excluding hydrogens is 610 g/mol. The Hall–Kier alpha value is -2.73. The largest absolute Gasteiger partial charge is 0.305 e. The molecule has 0 bridgehead atoms. The maximum atomic E-state index is 10.6. The molecule has 1 radical (unpaired) electrons. The third kappa shape index (κ3) is 6.68. The molecule has 0 aliphatic rings. The number of non-ortho nitro benzene ring substituents is 1. The number of nitro groups is 1. The van der Waals surface area contributed by atoms with Crippen LogP contribution in [0.1, 0.15) is 0 Å². The standard InChI is InChI=1S/C11H7BrN.C11H7N2O2.Ir/c12-10-5-3-4-9(8-10)11-6-1-2-7-13-11;14-13(15)10-5-3-4-9(8-10)11-6-1-2-7-12-11;/h1-3,5-8H;1-3,5-8H;/q2*-1;. The van der Waals surface area contributed by atoms with Crippen LogP contribution in [0.2, 0.25) is 0 Å². The first-order valence-electron chi connectivity index (χ1n) is 8.29. The van der Waals surface area contributed by atoms with Crippen LogP contribution in [0.4, 0.5) is 5.69 Å². The zero-order valence-corrected chi connectivity index (χ0v) is 18.9. The van der Waals surface area contributed by atoms with Crippen molar-refractivity contribution in [3.05, 3.63) is 112 Å². The van der Waals surface area contributed by atoms with Gasteiger partial charge in [-0.2, -0.15) is 0 Å². The number of nitrogens with zero attached hydrogens (tertiary/aromatic N) is 3. The van der Waals surface area contributed by atoms with Crippen molar-refractivity contribution in [2.45, 2.75) is 0 Å². The van der Waals surface area contributed by atoms with Crippen LogP contribution in [-0.2, 0) is 20.1 Å². The smallest absolute Gasteiger partial charge is 0.192 e. The molecule has 0 amide bonds.